The van der Waals surface area contributed by atoms with Gasteiger partial charge in [0.05, 0.1) is 4.90 Å². The third-order valence-electron chi connectivity index (χ3n) is 3.43. The van der Waals surface area contributed by atoms with Gasteiger partial charge in [-0.3, -0.25) is 0 Å². The molecule has 0 aliphatic heterocycles. The fourth-order valence-corrected chi connectivity index (χ4v) is 3.28. The van der Waals surface area contributed by atoms with Gasteiger partial charge in [-0.1, -0.05) is 30.3 Å². The van der Waals surface area contributed by atoms with Crippen molar-refractivity contribution in [2.45, 2.75) is 17.9 Å². The van der Waals surface area contributed by atoms with Crippen LogP contribution in [0.15, 0.2) is 53.4 Å². The molecule has 0 aliphatic carbocycles. The number of sulfone groups is 1. The van der Waals surface area contributed by atoms with E-state index in [0.29, 0.717) is 17.0 Å². The third kappa shape index (κ3) is 4.77. The molecule has 0 saturated carbocycles. The van der Waals surface area contributed by atoms with Crippen LogP contribution in [0, 0.1) is 5.82 Å². The van der Waals surface area contributed by atoms with Gasteiger partial charge >= 0.3 is 0 Å². The van der Waals surface area contributed by atoms with Crippen LogP contribution in [-0.4, -0.2) is 27.8 Å². The fourth-order valence-electron chi connectivity index (χ4n) is 2.28. The lowest BCUT2D eigenvalue weighted by Gasteiger charge is -2.17. The molecule has 1 atom stereocenters. The zero-order valence-corrected chi connectivity index (χ0v) is 13.9. The molecule has 0 fully saturated rings. The summed E-state index contributed by atoms with van der Waals surface area (Å²) in [5, 5.41) is 3.19. The number of benzene rings is 2. The van der Waals surface area contributed by atoms with Crippen LogP contribution < -0.4 is 10.1 Å². The monoisotopic (exact) mass is 337 g/mol. The Labute approximate surface area is 136 Å². The van der Waals surface area contributed by atoms with Crippen molar-refractivity contribution >= 4 is 9.84 Å². The topological polar surface area (TPSA) is 55.4 Å². The molecule has 23 heavy (non-hydrogen) atoms. The van der Waals surface area contributed by atoms with Crippen molar-refractivity contribution in [2.24, 2.45) is 0 Å². The molecule has 1 unspecified atom stereocenters. The number of hydrogen-bond donors (Lipinski definition) is 1. The summed E-state index contributed by atoms with van der Waals surface area (Å²) < 4.78 is 42.4. The normalized spacial score (nSPS) is 12.8. The second kappa shape index (κ2) is 7.57. The summed E-state index contributed by atoms with van der Waals surface area (Å²) in [4.78, 5) is 0.315. The van der Waals surface area contributed by atoms with Crippen LogP contribution in [0.3, 0.4) is 0 Å². The summed E-state index contributed by atoms with van der Waals surface area (Å²) >= 11 is 0. The molecule has 0 bridgehead atoms. The van der Waals surface area contributed by atoms with Gasteiger partial charge in [0.2, 0.25) is 0 Å². The molecule has 0 aliphatic rings. The molecular formula is C17H20FNO3S. The molecule has 6 heteroatoms. The minimum atomic E-state index is -3.28. The van der Waals surface area contributed by atoms with Gasteiger partial charge in [-0.05, 0) is 30.7 Å². The summed E-state index contributed by atoms with van der Waals surface area (Å²) in [6, 6.07) is 12.9. The lowest BCUT2D eigenvalue weighted by atomic mass is 10.1. The van der Waals surface area contributed by atoms with E-state index in [9.17, 15) is 12.8 Å². The highest BCUT2D eigenvalue weighted by molar-refractivity contribution is 7.90. The molecule has 124 valence electrons. The number of para-hydroxylation sites is 1. The van der Waals surface area contributed by atoms with Crippen molar-refractivity contribution < 1.29 is 17.5 Å². The summed E-state index contributed by atoms with van der Waals surface area (Å²) in [5.41, 5.74) is 0.709. The molecule has 2 rings (SSSR count). The van der Waals surface area contributed by atoms with E-state index in [1.165, 1.54) is 12.3 Å². The highest BCUT2D eigenvalue weighted by atomic mass is 32.2. The molecule has 0 radical (unpaired) electrons. The van der Waals surface area contributed by atoms with E-state index in [1.807, 2.05) is 6.92 Å². The Morgan fingerprint density at radius 1 is 1.13 bits per heavy atom. The predicted octanol–water partition coefficient (Wildman–Crippen LogP) is 2.96. The van der Waals surface area contributed by atoms with E-state index in [0.717, 1.165) is 0 Å². The predicted molar refractivity (Wildman–Crippen MR) is 87.9 cm³/mol. The van der Waals surface area contributed by atoms with Gasteiger partial charge in [-0.25, -0.2) is 12.8 Å². The number of hydrogen-bond acceptors (Lipinski definition) is 4. The van der Waals surface area contributed by atoms with Gasteiger partial charge in [-0.2, -0.15) is 0 Å². The summed E-state index contributed by atoms with van der Waals surface area (Å²) in [6.45, 7) is 2.63. The van der Waals surface area contributed by atoms with E-state index in [2.05, 4.69) is 5.32 Å². The first-order chi connectivity index (χ1) is 10.9. The van der Waals surface area contributed by atoms with Crippen LogP contribution in [0.1, 0.15) is 18.5 Å². The van der Waals surface area contributed by atoms with Gasteiger partial charge in [0.25, 0.3) is 0 Å². The highest BCUT2D eigenvalue weighted by Gasteiger charge is 2.16. The molecule has 0 amide bonds. The number of ether oxygens (including phenoxy) is 1. The Kier molecular flexibility index (Phi) is 5.74. The third-order valence-corrected chi connectivity index (χ3v) is 4.60. The Hall–Kier alpha value is -1.92. The standard InChI is InChI=1S/C17H20FNO3S/c1-13(14-7-3-6-10-17(14)23(2,20)21)19-11-12-22-16-9-5-4-8-15(16)18/h3-10,13,19H,11-12H2,1-2H3. The average Bonchev–Trinajstić information content (AvgIpc) is 2.52. The van der Waals surface area contributed by atoms with Crippen LogP contribution in [0.4, 0.5) is 4.39 Å². The molecule has 4 nitrogen and oxygen atoms in total. The van der Waals surface area contributed by atoms with Crippen molar-refractivity contribution in [3.8, 4) is 5.75 Å². The van der Waals surface area contributed by atoms with Crippen molar-refractivity contribution in [1.29, 1.82) is 0 Å². The van der Waals surface area contributed by atoms with Gasteiger partial charge < -0.3 is 10.1 Å². The lowest BCUT2D eigenvalue weighted by molar-refractivity contribution is 0.293. The summed E-state index contributed by atoms with van der Waals surface area (Å²) in [6.07, 6.45) is 1.19. The van der Waals surface area contributed by atoms with Gasteiger partial charge in [0.15, 0.2) is 21.4 Å². The molecule has 0 aromatic heterocycles. The van der Waals surface area contributed by atoms with Crippen LogP contribution >= 0.6 is 0 Å². The quantitative estimate of drug-likeness (QED) is 0.789. The Morgan fingerprint density at radius 3 is 2.48 bits per heavy atom. The number of rotatable bonds is 7. The Morgan fingerprint density at radius 2 is 1.78 bits per heavy atom. The molecule has 0 spiro atoms. The maximum atomic E-state index is 13.4. The van der Waals surface area contributed by atoms with E-state index in [4.69, 9.17) is 4.74 Å². The van der Waals surface area contributed by atoms with E-state index in [-0.39, 0.29) is 18.4 Å². The second-order valence-electron chi connectivity index (χ2n) is 5.26. The van der Waals surface area contributed by atoms with Crippen molar-refractivity contribution in [2.75, 3.05) is 19.4 Å². The first-order valence-corrected chi connectivity index (χ1v) is 9.18. The maximum absolute atomic E-state index is 13.4. The SMILES string of the molecule is CC(NCCOc1ccccc1F)c1ccccc1S(C)(=O)=O. The molecule has 2 aromatic rings. The first-order valence-electron chi connectivity index (χ1n) is 7.29. The summed E-state index contributed by atoms with van der Waals surface area (Å²) in [7, 11) is -3.28. The van der Waals surface area contributed by atoms with Crippen LogP contribution in [0.2, 0.25) is 0 Å². The molecule has 0 heterocycles. The zero-order valence-electron chi connectivity index (χ0n) is 13.1. The Bertz CT molecular complexity index is 762. The molecule has 1 N–H and O–H groups in total. The minimum absolute atomic E-state index is 0.162. The number of halogens is 1. The van der Waals surface area contributed by atoms with Crippen LogP contribution in [0.25, 0.3) is 0 Å². The van der Waals surface area contributed by atoms with E-state index < -0.39 is 15.7 Å². The zero-order chi connectivity index (χ0) is 16.9. The molecule has 2 aromatic carbocycles. The maximum Gasteiger partial charge on any atom is 0.175 e. The Balaban J connectivity index is 1.93. The molecular weight excluding hydrogens is 317 g/mol. The lowest BCUT2D eigenvalue weighted by Crippen LogP contribution is -2.25. The van der Waals surface area contributed by atoms with Gasteiger partial charge in [0.1, 0.15) is 6.61 Å². The van der Waals surface area contributed by atoms with Crippen molar-refractivity contribution in [3.05, 3.63) is 59.9 Å². The van der Waals surface area contributed by atoms with Crippen molar-refractivity contribution in [3.63, 3.8) is 0 Å². The second-order valence-corrected chi connectivity index (χ2v) is 7.25. The van der Waals surface area contributed by atoms with Crippen LogP contribution in [0.5, 0.6) is 5.75 Å². The van der Waals surface area contributed by atoms with Gasteiger partial charge in [0, 0.05) is 18.8 Å². The largest absolute Gasteiger partial charge is 0.489 e. The minimum Gasteiger partial charge on any atom is -0.489 e. The smallest absolute Gasteiger partial charge is 0.175 e. The molecule has 0 saturated heterocycles. The fraction of sp³-hybridized carbons (Fsp3) is 0.294. The summed E-state index contributed by atoms with van der Waals surface area (Å²) in [5.74, 6) is -0.193. The first kappa shape index (κ1) is 17.4. The van der Waals surface area contributed by atoms with Crippen LogP contribution in [-0.2, 0) is 9.84 Å². The van der Waals surface area contributed by atoms with Gasteiger partial charge in [-0.15, -0.1) is 0 Å². The average molecular weight is 337 g/mol. The van der Waals surface area contributed by atoms with E-state index in [1.54, 1.807) is 42.5 Å². The number of nitrogens with one attached hydrogen (secondary N) is 1. The highest BCUT2D eigenvalue weighted by Crippen LogP contribution is 2.22. The van der Waals surface area contributed by atoms with Crippen molar-refractivity contribution in [1.82, 2.24) is 5.32 Å². The van der Waals surface area contributed by atoms with E-state index >= 15 is 0 Å².